The van der Waals surface area contributed by atoms with Gasteiger partial charge in [-0.05, 0) is 38.2 Å². The van der Waals surface area contributed by atoms with Crippen LogP contribution in [0, 0.1) is 11.7 Å². The van der Waals surface area contributed by atoms with Crippen molar-refractivity contribution in [3.05, 3.63) is 46.0 Å². The zero-order valence-corrected chi connectivity index (χ0v) is 13.5. The van der Waals surface area contributed by atoms with Crippen LogP contribution in [0.5, 0.6) is 0 Å². The van der Waals surface area contributed by atoms with Crippen molar-refractivity contribution in [3.63, 3.8) is 0 Å². The number of carbonyl (C=O) groups excluding carboxylic acids is 1. The molecule has 1 aliphatic rings. The molecule has 1 N–H and O–H groups in total. The number of amides is 1. The van der Waals surface area contributed by atoms with Crippen molar-refractivity contribution < 1.29 is 9.18 Å². The molecule has 1 aliphatic heterocycles. The number of hydrogen-bond donors (Lipinski definition) is 1. The second-order valence-corrected chi connectivity index (χ2v) is 6.46. The van der Waals surface area contributed by atoms with E-state index in [9.17, 15) is 14.0 Å². The molecule has 0 bridgehead atoms. The Morgan fingerprint density at radius 3 is 2.70 bits per heavy atom. The van der Waals surface area contributed by atoms with Gasteiger partial charge in [-0.15, -0.1) is 0 Å². The Morgan fingerprint density at radius 1 is 1.30 bits per heavy atom. The summed E-state index contributed by atoms with van der Waals surface area (Å²) < 4.78 is 13.4. The number of aromatic nitrogens is 1. The molecule has 0 radical (unpaired) electrons. The molecule has 0 aliphatic carbocycles. The molecular formula is C17H20FN3O2. The summed E-state index contributed by atoms with van der Waals surface area (Å²) >= 11 is 0. The van der Waals surface area contributed by atoms with Gasteiger partial charge in [0.1, 0.15) is 5.82 Å². The third-order valence-electron chi connectivity index (χ3n) is 4.56. The van der Waals surface area contributed by atoms with Gasteiger partial charge in [0.15, 0.2) is 0 Å². The Bertz CT molecular complexity index is 815. The lowest BCUT2D eigenvalue weighted by molar-refractivity contribution is 0.0783. The molecule has 0 spiro atoms. The minimum Gasteiger partial charge on any atom is -0.337 e. The Hall–Kier alpha value is -2.21. The predicted octanol–water partition coefficient (Wildman–Crippen LogP) is 1.69. The lowest BCUT2D eigenvalue weighted by Crippen LogP contribution is -2.36. The third-order valence-corrected chi connectivity index (χ3v) is 4.56. The average Bonchev–Trinajstić information content (AvgIpc) is 2.87. The molecule has 23 heavy (non-hydrogen) atoms. The van der Waals surface area contributed by atoms with Crippen LogP contribution in [0.1, 0.15) is 17.3 Å². The van der Waals surface area contributed by atoms with Crippen LogP contribution in [0.2, 0.25) is 0 Å². The van der Waals surface area contributed by atoms with E-state index in [0.29, 0.717) is 41.5 Å². The minimum atomic E-state index is -0.444. The Balaban J connectivity index is 2.00. The number of benzene rings is 1. The van der Waals surface area contributed by atoms with Gasteiger partial charge in [-0.2, -0.15) is 0 Å². The van der Waals surface area contributed by atoms with Crippen LogP contribution in [0.3, 0.4) is 0 Å². The first-order chi connectivity index (χ1) is 10.9. The van der Waals surface area contributed by atoms with Crippen LogP contribution in [0.15, 0.2) is 29.1 Å². The molecule has 1 aromatic carbocycles. The van der Waals surface area contributed by atoms with E-state index in [2.05, 4.69) is 16.8 Å². The molecule has 0 unspecified atom stereocenters. The van der Waals surface area contributed by atoms with Crippen molar-refractivity contribution in [2.75, 3.05) is 27.2 Å². The van der Waals surface area contributed by atoms with Gasteiger partial charge in [0.05, 0.1) is 11.1 Å². The maximum absolute atomic E-state index is 13.4. The van der Waals surface area contributed by atoms with Gasteiger partial charge in [0.25, 0.3) is 5.91 Å². The van der Waals surface area contributed by atoms with E-state index in [-0.39, 0.29) is 5.91 Å². The number of H-pyrrole nitrogens is 1. The second kappa shape index (κ2) is 5.77. The number of hydrogen-bond acceptors (Lipinski definition) is 3. The summed E-state index contributed by atoms with van der Waals surface area (Å²) in [6.45, 7) is 3.39. The summed E-state index contributed by atoms with van der Waals surface area (Å²) in [6, 6.07) is 5.67. The number of nitrogens with zero attached hydrogens (tertiary/aromatic N) is 2. The zero-order valence-electron chi connectivity index (χ0n) is 13.5. The third kappa shape index (κ3) is 2.86. The van der Waals surface area contributed by atoms with Gasteiger partial charge < -0.3 is 14.8 Å². The highest BCUT2D eigenvalue weighted by molar-refractivity contribution is 6.06. The summed E-state index contributed by atoms with van der Waals surface area (Å²) in [5, 5.41) is 0.567. The number of nitrogens with one attached hydrogen (secondary N) is 1. The largest absolute Gasteiger partial charge is 0.337 e. The second-order valence-electron chi connectivity index (χ2n) is 6.46. The molecule has 1 amide bonds. The molecule has 2 atom stereocenters. The van der Waals surface area contributed by atoms with E-state index in [1.165, 1.54) is 24.3 Å². The zero-order chi connectivity index (χ0) is 16.7. The maximum Gasteiger partial charge on any atom is 0.254 e. The van der Waals surface area contributed by atoms with E-state index in [0.717, 1.165) is 0 Å². The standard InChI is InChI=1S/C17H20FN3O2/c1-10-8-21(9-15(10)20(2)3)17(23)13-7-16(22)19-14-6-11(18)4-5-12(13)14/h4-7,10,15H,8-9H2,1-3H3,(H,19,22)/t10-,15+/m1/s1. The van der Waals surface area contributed by atoms with Crippen LogP contribution in [-0.4, -0.2) is 53.9 Å². The van der Waals surface area contributed by atoms with Crippen LogP contribution in [0.25, 0.3) is 10.9 Å². The highest BCUT2D eigenvalue weighted by Gasteiger charge is 2.34. The van der Waals surface area contributed by atoms with Crippen molar-refractivity contribution >= 4 is 16.8 Å². The van der Waals surface area contributed by atoms with Crippen LogP contribution in [0.4, 0.5) is 4.39 Å². The summed E-state index contributed by atoms with van der Waals surface area (Å²) in [4.78, 5) is 31.2. The van der Waals surface area contributed by atoms with Gasteiger partial charge >= 0.3 is 0 Å². The Kier molecular flexibility index (Phi) is 3.93. The van der Waals surface area contributed by atoms with Crippen molar-refractivity contribution in [1.82, 2.24) is 14.8 Å². The van der Waals surface area contributed by atoms with Crippen molar-refractivity contribution in [1.29, 1.82) is 0 Å². The van der Waals surface area contributed by atoms with Gasteiger partial charge in [-0.1, -0.05) is 6.92 Å². The number of pyridine rings is 1. The van der Waals surface area contributed by atoms with E-state index < -0.39 is 11.4 Å². The fourth-order valence-corrected chi connectivity index (χ4v) is 3.37. The van der Waals surface area contributed by atoms with Gasteiger partial charge in [0, 0.05) is 30.6 Å². The number of fused-ring (bicyclic) bond motifs is 1. The summed E-state index contributed by atoms with van der Waals surface area (Å²) in [5.41, 5.74) is 0.274. The summed E-state index contributed by atoms with van der Waals surface area (Å²) in [7, 11) is 4.00. The molecule has 1 fully saturated rings. The predicted molar refractivity (Wildman–Crippen MR) is 87.1 cm³/mol. The molecule has 0 saturated carbocycles. The number of likely N-dealkylation sites (tertiary alicyclic amines) is 1. The topological polar surface area (TPSA) is 56.4 Å². The van der Waals surface area contributed by atoms with Crippen LogP contribution < -0.4 is 5.56 Å². The highest BCUT2D eigenvalue weighted by Crippen LogP contribution is 2.24. The number of aromatic amines is 1. The van der Waals surface area contributed by atoms with Crippen molar-refractivity contribution in [2.24, 2.45) is 5.92 Å². The molecule has 6 heteroatoms. The summed E-state index contributed by atoms with van der Waals surface area (Å²) in [6.07, 6.45) is 0. The first-order valence-electron chi connectivity index (χ1n) is 7.65. The first kappa shape index (κ1) is 15.7. The van der Waals surface area contributed by atoms with E-state index in [1.54, 1.807) is 4.90 Å². The fraction of sp³-hybridized carbons (Fsp3) is 0.412. The number of rotatable bonds is 2. The SMILES string of the molecule is C[C@@H]1CN(C(=O)c2cc(=O)[nH]c3cc(F)ccc23)C[C@@H]1N(C)C. The van der Waals surface area contributed by atoms with Gasteiger partial charge in [-0.3, -0.25) is 9.59 Å². The van der Waals surface area contributed by atoms with E-state index in [4.69, 9.17) is 0 Å². The normalized spacial score (nSPS) is 21.3. The number of likely N-dealkylation sites (N-methyl/N-ethyl adjacent to an activating group) is 1. The average molecular weight is 317 g/mol. The lowest BCUT2D eigenvalue weighted by Gasteiger charge is -2.22. The Labute approximate surface area is 133 Å². The molecule has 1 saturated heterocycles. The molecule has 1 aromatic heterocycles. The van der Waals surface area contributed by atoms with E-state index >= 15 is 0 Å². The van der Waals surface area contributed by atoms with Crippen LogP contribution >= 0.6 is 0 Å². The van der Waals surface area contributed by atoms with Crippen molar-refractivity contribution in [3.8, 4) is 0 Å². The Morgan fingerprint density at radius 2 is 2.04 bits per heavy atom. The molecular weight excluding hydrogens is 297 g/mol. The minimum absolute atomic E-state index is 0.177. The van der Waals surface area contributed by atoms with Gasteiger partial charge in [0.2, 0.25) is 5.56 Å². The molecule has 122 valence electrons. The molecule has 2 heterocycles. The number of carbonyl (C=O) groups is 1. The smallest absolute Gasteiger partial charge is 0.254 e. The lowest BCUT2D eigenvalue weighted by atomic mass is 10.1. The van der Waals surface area contributed by atoms with Gasteiger partial charge in [-0.25, -0.2) is 4.39 Å². The molecule has 3 rings (SSSR count). The monoisotopic (exact) mass is 317 g/mol. The summed E-state index contributed by atoms with van der Waals surface area (Å²) in [5.74, 6) is -0.260. The number of halogens is 1. The molecule has 5 nitrogen and oxygen atoms in total. The quantitative estimate of drug-likeness (QED) is 0.917. The maximum atomic E-state index is 13.4. The van der Waals surface area contributed by atoms with Crippen molar-refractivity contribution in [2.45, 2.75) is 13.0 Å². The molecule has 2 aromatic rings. The first-order valence-corrected chi connectivity index (χ1v) is 7.65. The highest BCUT2D eigenvalue weighted by atomic mass is 19.1. The van der Waals surface area contributed by atoms with E-state index in [1.807, 2.05) is 14.1 Å². The van der Waals surface area contributed by atoms with Crippen LogP contribution in [-0.2, 0) is 0 Å². The fourth-order valence-electron chi connectivity index (χ4n) is 3.37.